The van der Waals surface area contributed by atoms with Gasteiger partial charge in [-0.05, 0) is 68.9 Å². The fraction of sp³-hybridized carbons (Fsp3) is 0.407. The maximum atomic E-state index is 13.2. The first-order valence-corrected chi connectivity index (χ1v) is 12.3. The van der Waals surface area contributed by atoms with Crippen LogP contribution in [0.25, 0.3) is 5.76 Å². The van der Waals surface area contributed by atoms with E-state index in [4.69, 9.17) is 21.1 Å². The van der Waals surface area contributed by atoms with E-state index in [1.165, 1.54) is 13.2 Å². The van der Waals surface area contributed by atoms with Gasteiger partial charge in [-0.15, -0.1) is 0 Å². The first kappa shape index (κ1) is 26.6. The van der Waals surface area contributed by atoms with Gasteiger partial charge in [0.15, 0.2) is 0 Å². The first-order chi connectivity index (χ1) is 16.9. The minimum atomic E-state index is -0.719. The lowest BCUT2D eigenvalue weighted by Crippen LogP contribution is -2.33. The molecule has 1 fully saturated rings. The van der Waals surface area contributed by atoms with E-state index in [-0.39, 0.29) is 11.3 Å². The summed E-state index contributed by atoms with van der Waals surface area (Å²) in [6.07, 6.45) is 0.705. The van der Waals surface area contributed by atoms with Gasteiger partial charge in [0.1, 0.15) is 17.3 Å². The molecule has 35 heavy (non-hydrogen) atoms. The van der Waals surface area contributed by atoms with Gasteiger partial charge in [-0.25, -0.2) is 0 Å². The van der Waals surface area contributed by atoms with Crippen LogP contribution in [-0.2, 0) is 9.59 Å². The number of amides is 1. The molecule has 188 valence electrons. The van der Waals surface area contributed by atoms with Crippen LogP contribution in [0.1, 0.15) is 44.4 Å². The molecule has 1 saturated heterocycles. The molecule has 2 aromatic carbocycles. The Morgan fingerprint density at radius 3 is 2.34 bits per heavy atom. The normalized spacial score (nSPS) is 17.3. The Hall–Kier alpha value is -3.03. The number of methoxy groups -OCH3 is 1. The molecule has 7 nitrogen and oxygen atoms in total. The number of ether oxygens (including phenoxy) is 2. The Labute approximate surface area is 211 Å². The van der Waals surface area contributed by atoms with Crippen molar-refractivity contribution in [2.45, 2.75) is 33.2 Å². The van der Waals surface area contributed by atoms with E-state index < -0.39 is 17.7 Å². The number of aliphatic hydroxyl groups excluding tert-OH is 1. The zero-order valence-electron chi connectivity index (χ0n) is 20.7. The smallest absolute Gasteiger partial charge is 0.295 e. The van der Waals surface area contributed by atoms with E-state index in [0.29, 0.717) is 41.7 Å². The van der Waals surface area contributed by atoms with Gasteiger partial charge in [-0.3, -0.25) is 9.59 Å². The van der Waals surface area contributed by atoms with Crippen LogP contribution >= 0.6 is 11.6 Å². The number of ketones is 1. The van der Waals surface area contributed by atoms with Crippen molar-refractivity contribution in [2.24, 2.45) is 0 Å². The molecule has 1 atom stereocenters. The summed E-state index contributed by atoms with van der Waals surface area (Å²) in [5, 5.41) is 11.5. The molecule has 1 amide bonds. The molecule has 1 heterocycles. The van der Waals surface area contributed by atoms with Crippen LogP contribution in [0.3, 0.4) is 0 Å². The summed E-state index contributed by atoms with van der Waals surface area (Å²) in [7, 11) is 1.50. The van der Waals surface area contributed by atoms with Crippen molar-refractivity contribution < 1.29 is 24.2 Å². The molecule has 8 heteroatoms. The number of hydrogen-bond acceptors (Lipinski definition) is 6. The van der Waals surface area contributed by atoms with E-state index in [1.54, 1.807) is 29.2 Å². The molecule has 0 saturated carbocycles. The molecule has 0 unspecified atom stereocenters. The third-order valence-corrected chi connectivity index (χ3v) is 6.54. The topological polar surface area (TPSA) is 79.3 Å². The van der Waals surface area contributed by atoms with Gasteiger partial charge in [0.05, 0.1) is 30.4 Å². The second kappa shape index (κ2) is 12.1. The average molecular weight is 501 g/mol. The SMILES string of the molecule is CCOc1ccc([C@H]2C(=C(O)c3ccc(OC)c(Cl)c3)C(=O)C(=O)N2CCCN(CC)CC)cc1. The molecule has 0 bridgehead atoms. The molecule has 1 aliphatic heterocycles. The predicted molar refractivity (Wildman–Crippen MR) is 137 cm³/mol. The molecule has 0 radical (unpaired) electrons. The molecule has 2 aromatic rings. The standard InChI is InChI=1S/C27H33ClN2O5/c1-5-29(6-2)15-8-16-30-24(18-9-12-20(13-10-18)35-7-3)23(26(32)27(30)33)25(31)19-11-14-22(34-4)21(28)17-19/h9-14,17,24,31H,5-8,15-16H2,1-4H3/t24-/m0/s1. The summed E-state index contributed by atoms with van der Waals surface area (Å²) in [5.74, 6) is -0.460. The van der Waals surface area contributed by atoms with Gasteiger partial charge >= 0.3 is 0 Å². The van der Waals surface area contributed by atoms with Gasteiger partial charge in [0.25, 0.3) is 11.7 Å². The maximum absolute atomic E-state index is 13.2. The Bertz CT molecular complexity index is 1080. The highest BCUT2D eigenvalue weighted by atomic mass is 35.5. The van der Waals surface area contributed by atoms with E-state index >= 15 is 0 Å². The maximum Gasteiger partial charge on any atom is 0.295 e. The van der Waals surface area contributed by atoms with Gasteiger partial charge in [0.2, 0.25) is 0 Å². The molecule has 1 N–H and O–H groups in total. The van der Waals surface area contributed by atoms with Crippen molar-refractivity contribution in [3.8, 4) is 11.5 Å². The summed E-state index contributed by atoms with van der Waals surface area (Å²) < 4.78 is 10.7. The van der Waals surface area contributed by atoms with Gasteiger partial charge < -0.3 is 24.4 Å². The van der Waals surface area contributed by atoms with Crippen LogP contribution in [0.4, 0.5) is 0 Å². The summed E-state index contributed by atoms with van der Waals surface area (Å²) >= 11 is 6.26. The van der Waals surface area contributed by atoms with Gasteiger partial charge in [0, 0.05) is 12.1 Å². The van der Waals surface area contributed by atoms with Crippen LogP contribution < -0.4 is 9.47 Å². The Morgan fingerprint density at radius 2 is 1.77 bits per heavy atom. The number of carbonyl (C=O) groups is 2. The van der Waals surface area contributed by atoms with Crippen molar-refractivity contribution in [1.82, 2.24) is 9.80 Å². The molecular formula is C27H33ClN2O5. The minimum Gasteiger partial charge on any atom is -0.507 e. The lowest BCUT2D eigenvalue weighted by molar-refractivity contribution is -0.140. The molecule has 0 aliphatic carbocycles. The van der Waals surface area contributed by atoms with Crippen molar-refractivity contribution in [1.29, 1.82) is 0 Å². The van der Waals surface area contributed by atoms with Crippen LogP contribution in [0, 0.1) is 0 Å². The van der Waals surface area contributed by atoms with Crippen molar-refractivity contribution >= 4 is 29.1 Å². The quantitative estimate of drug-likeness (QED) is 0.268. The highest BCUT2D eigenvalue weighted by Gasteiger charge is 2.45. The van der Waals surface area contributed by atoms with Crippen LogP contribution in [0.15, 0.2) is 48.0 Å². The zero-order valence-corrected chi connectivity index (χ0v) is 21.5. The Kier molecular flexibility index (Phi) is 9.18. The zero-order chi connectivity index (χ0) is 25.5. The average Bonchev–Trinajstić information content (AvgIpc) is 3.11. The first-order valence-electron chi connectivity index (χ1n) is 11.9. The van der Waals surface area contributed by atoms with Crippen molar-refractivity contribution in [2.75, 3.05) is 39.9 Å². The number of likely N-dealkylation sites (tertiary alicyclic amines) is 1. The molecule has 0 spiro atoms. The second-order valence-electron chi connectivity index (χ2n) is 8.22. The lowest BCUT2D eigenvalue weighted by Gasteiger charge is -2.27. The third kappa shape index (κ3) is 5.80. The summed E-state index contributed by atoms with van der Waals surface area (Å²) in [6.45, 7) is 9.64. The monoisotopic (exact) mass is 500 g/mol. The fourth-order valence-electron chi connectivity index (χ4n) is 4.34. The van der Waals surface area contributed by atoms with E-state index in [1.807, 2.05) is 19.1 Å². The Morgan fingerprint density at radius 1 is 1.09 bits per heavy atom. The van der Waals surface area contributed by atoms with Gasteiger partial charge in [-0.1, -0.05) is 37.6 Å². The number of rotatable bonds is 11. The number of halogens is 1. The number of aliphatic hydroxyl groups is 1. The predicted octanol–water partition coefficient (Wildman–Crippen LogP) is 4.90. The molecule has 3 rings (SSSR count). The molecule has 1 aliphatic rings. The number of hydrogen-bond donors (Lipinski definition) is 1. The van der Waals surface area contributed by atoms with Gasteiger partial charge in [-0.2, -0.15) is 0 Å². The number of carbonyl (C=O) groups excluding carboxylic acids is 2. The fourth-order valence-corrected chi connectivity index (χ4v) is 4.60. The summed E-state index contributed by atoms with van der Waals surface area (Å²) in [5.41, 5.74) is 1.10. The molecule has 0 aromatic heterocycles. The summed E-state index contributed by atoms with van der Waals surface area (Å²) in [6, 6.07) is 11.3. The van der Waals surface area contributed by atoms with Crippen molar-refractivity contribution in [3.63, 3.8) is 0 Å². The number of nitrogens with zero attached hydrogens (tertiary/aromatic N) is 2. The van der Waals surface area contributed by atoms with E-state index in [2.05, 4.69) is 18.7 Å². The highest BCUT2D eigenvalue weighted by Crippen LogP contribution is 2.40. The number of benzene rings is 2. The second-order valence-corrected chi connectivity index (χ2v) is 8.63. The molecular weight excluding hydrogens is 468 g/mol. The van der Waals surface area contributed by atoms with Crippen LogP contribution in [-0.4, -0.2) is 66.5 Å². The number of Topliss-reactive ketones (excluding diaryl/α,β-unsaturated/α-hetero) is 1. The third-order valence-electron chi connectivity index (χ3n) is 6.24. The largest absolute Gasteiger partial charge is 0.507 e. The van der Waals surface area contributed by atoms with E-state index in [9.17, 15) is 14.7 Å². The Balaban J connectivity index is 2.04. The van der Waals surface area contributed by atoms with Crippen LogP contribution in [0.2, 0.25) is 5.02 Å². The summed E-state index contributed by atoms with van der Waals surface area (Å²) in [4.78, 5) is 30.2. The van der Waals surface area contributed by atoms with E-state index in [0.717, 1.165) is 25.2 Å². The van der Waals surface area contributed by atoms with Crippen molar-refractivity contribution in [3.05, 3.63) is 64.2 Å². The lowest BCUT2D eigenvalue weighted by atomic mass is 9.95. The van der Waals surface area contributed by atoms with Crippen LogP contribution in [0.5, 0.6) is 11.5 Å². The highest BCUT2D eigenvalue weighted by molar-refractivity contribution is 6.46. The minimum absolute atomic E-state index is 0.0447.